The minimum absolute atomic E-state index is 0.0879. The van der Waals surface area contributed by atoms with Crippen LogP contribution in [0.15, 0.2) is 24.7 Å². The molecular formula is C17H16F8N4O2. The first-order chi connectivity index (χ1) is 14.2. The van der Waals surface area contributed by atoms with Crippen molar-refractivity contribution in [3.05, 3.63) is 36.2 Å². The molecule has 0 saturated carbocycles. The summed E-state index contributed by atoms with van der Waals surface area (Å²) in [7, 11) is 0. The Labute approximate surface area is 170 Å². The van der Waals surface area contributed by atoms with Gasteiger partial charge in [-0.15, -0.1) is 13.2 Å². The first kappa shape index (κ1) is 24.5. The Balaban J connectivity index is 2.24. The first-order valence-electron chi connectivity index (χ1n) is 8.67. The van der Waals surface area contributed by atoms with Gasteiger partial charge in [0.2, 0.25) is 5.91 Å². The summed E-state index contributed by atoms with van der Waals surface area (Å²) in [5, 5.41) is 4.06. The molecule has 0 aromatic carbocycles. The second-order valence-electron chi connectivity index (χ2n) is 6.32. The molecular weight excluding hydrogens is 444 g/mol. The monoisotopic (exact) mass is 460 g/mol. The van der Waals surface area contributed by atoms with Crippen LogP contribution in [0.5, 0.6) is 0 Å². The molecule has 2 rings (SSSR count). The number of anilines is 1. The van der Waals surface area contributed by atoms with Crippen LogP contribution in [-0.4, -0.2) is 45.6 Å². The maximum absolute atomic E-state index is 14.0. The normalized spacial score (nSPS) is 14.4. The van der Waals surface area contributed by atoms with Crippen molar-refractivity contribution < 1.29 is 44.7 Å². The van der Waals surface area contributed by atoms with Crippen molar-refractivity contribution in [2.45, 2.75) is 45.1 Å². The van der Waals surface area contributed by atoms with Crippen molar-refractivity contribution in [3.63, 3.8) is 0 Å². The Hall–Kier alpha value is -2.77. The molecule has 0 aliphatic rings. The highest BCUT2D eigenvalue weighted by Crippen LogP contribution is 2.43. The Morgan fingerprint density at radius 1 is 1.16 bits per heavy atom. The topological polar surface area (TPSA) is 60.2 Å². The van der Waals surface area contributed by atoms with Gasteiger partial charge in [-0.25, -0.2) is 18.2 Å². The van der Waals surface area contributed by atoms with E-state index in [1.165, 1.54) is 26.2 Å². The van der Waals surface area contributed by atoms with Gasteiger partial charge in [-0.05, 0) is 13.8 Å². The van der Waals surface area contributed by atoms with Crippen LogP contribution in [-0.2, 0) is 9.53 Å². The van der Waals surface area contributed by atoms with E-state index in [2.05, 4.69) is 14.8 Å². The quantitative estimate of drug-likeness (QED) is 0.567. The van der Waals surface area contributed by atoms with Gasteiger partial charge in [0.15, 0.2) is 0 Å². The molecule has 0 aliphatic carbocycles. The molecule has 2 heterocycles. The summed E-state index contributed by atoms with van der Waals surface area (Å²) in [4.78, 5) is 17.0. The van der Waals surface area contributed by atoms with Crippen molar-refractivity contribution in [2.75, 3.05) is 11.4 Å². The predicted molar refractivity (Wildman–Crippen MR) is 90.3 cm³/mol. The molecule has 1 unspecified atom stereocenters. The molecule has 2 aromatic heterocycles. The number of carbonyl (C=O) groups excluding carboxylic acids is 1. The Kier molecular flexibility index (Phi) is 6.93. The van der Waals surface area contributed by atoms with Crippen LogP contribution in [0.1, 0.15) is 25.5 Å². The smallest absolute Gasteiger partial charge is 0.310 e. The van der Waals surface area contributed by atoms with Crippen molar-refractivity contribution in [1.82, 2.24) is 14.8 Å². The lowest BCUT2D eigenvalue weighted by molar-refractivity contribution is -0.448. The van der Waals surface area contributed by atoms with E-state index < -0.39 is 43.0 Å². The Morgan fingerprint density at radius 2 is 1.81 bits per heavy atom. The van der Waals surface area contributed by atoms with Gasteiger partial charge in [-0.3, -0.25) is 9.78 Å². The number of alkyl halides is 7. The molecule has 14 heteroatoms. The van der Waals surface area contributed by atoms with Crippen LogP contribution in [0.4, 0.5) is 40.8 Å². The van der Waals surface area contributed by atoms with Gasteiger partial charge in [0.1, 0.15) is 5.82 Å². The summed E-state index contributed by atoms with van der Waals surface area (Å²) in [5.41, 5.74) is 0.467. The largest absolute Gasteiger partial charge is 0.525 e. The zero-order valence-electron chi connectivity index (χ0n) is 16.1. The van der Waals surface area contributed by atoms with Crippen LogP contribution in [0.2, 0.25) is 0 Å². The van der Waals surface area contributed by atoms with Gasteiger partial charge in [-0.2, -0.15) is 18.3 Å². The zero-order valence-corrected chi connectivity index (χ0v) is 16.1. The first-order valence-corrected chi connectivity index (χ1v) is 8.67. The molecule has 1 atom stereocenters. The van der Waals surface area contributed by atoms with Crippen LogP contribution < -0.4 is 4.90 Å². The van der Waals surface area contributed by atoms with Crippen molar-refractivity contribution in [3.8, 4) is 5.69 Å². The third kappa shape index (κ3) is 5.89. The highest BCUT2D eigenvalue weighted by atomic mass is 19.4. The van der Waals surface area contributed by atoms with Gasteiger partial charge in [0.05, 0.1) is 35.7 Å². The highest BCUT2D eigenvalue weighted by Gasteiger charge is 2.62. The Morgan fingerprint density at radius 3 is 2.32 bits per heavy atom. The number of halogens is 8. The highest BCUT2D eigenvalue weighted by molar-refractivity contribution is 5.93. The summed E-state index contributed by atoms with van der Waals surface area (Å²) >= 11 is 0. The van der Waals surface area contributed by atoms with Gasteiger partial charge in [0.25, 0.3) is 0 Å². The number of carbonyl (C=O) groups is 1. The third-order valence-corrected chi connectivity index (χ3v) is 4.10. The zero-order chi connectivity index (χ0) is 23.6. The van der Waals surface area contributed by atoms with Crippen molar-refractivity contribution in [2.24, 2.45) is 0 Å². The van der Waals surface area contributed by atoms with E-state index in [-0.39, 0.29) is 23.6 Å². The maximum atomic E-state index is 14.0. The molecule has 0 spiro atoms. The SMILES string of the molecule is CCN(C(=O)CCC(F)(OC(F)(F)F)C(F)(F)F)c1cn(-c2cncc(F)c2)nc1C. The van der Waals surface area contributed by atoms with Gasteiger partial charge < -0.3 is 4.90 Å². The standard InChI is InChI=1S/C17H16F8N4O2/c1-3-28(13-9-29(27-10(13)2)12-6-11(18)7-26-8-12)14(30)4-5-15(19,16(20,21)22)31-17(23,24)25/h6-9H,3-5H2,1-2H3. The van der Waals surface area contributed by atoms with Crippen LogP contribution in [0.25, 0.3) is 5.69 Å². The number of amides is 1. The number of nitrogens with zero attached hydrogens (tertiary/aromatic N) is 4. The molecule has 6 nitrogen and oxygen atoms in total. The fraction of sp³-hybridized carbons (Fsp3) is 0.471. The maximum Gasteiger partial charge on any atom is 0.525 e. The predicted octanol–water partition coefficient (Wildman–Crippen LogP) is 4.61. The Bertz CT molecular complexity index is 928. The summed E-state index contributed by atoms with van der Waals surface area (Å²) in [6.07, 6.45) is -11.6. The van der Waals surface area contributed by atoms with Crippen molar-refractivity contribution >= 4 is 11.6 Å². The van der Waals surface area contributed by atoms with Gasteiger partial charge in [-0.1, -0.05) is 0 Å². The molecule has 0 saturated heterocycles. The van der Waals surface area contributed by atoms with Crippen LogP contribution in [0, 0.1) is 12.7 Å². The van der Waals surface area contributed by atoms with E-state index in [4.69, 9.17) is 0 Å². The van der Waals surface area contributed by atoms with E-state index in [0.29, 0.717) is 0 Å². The molecule has 0 bridgehead atoms. The minimum Gasteiger partial charge on any atom is -0.310 e. The van der Waals surface area contributed by atoms with Crippen LogP contribution in [0.3, 0.4) is 0 Å². The molecule has 172 valence electrons. The third-order valence-electron chi connectivity index (χ3n) is 4.10. The fourth-order valence-corrected chi connectivity index (χ4v) is 2.69. The molecule has 2 aromatic rings. The lowest BCUT2D eigenvalue weighted by atomic mass is 10.1. The number of hydrogen-bond acceptors (Lipinski definition) is 4. The van der Waals surface area contributed by atoms with E-state index in [1.807, 2.05) is 0 Å². The van der Waals surface area contributed by atoms with Crippen molar-refractivity contribution in [1.29, 1.82) is 0 Å². The second-order valence-corrected chi connectivity index (χ2v) is 6.32. The number of aryl methyl sites for hydroxylation is 1. The molecule has 0 fully saturated rings. The summed E-state index contributed by atoms with van der Waals surface area (Å²) in [6, 6.07) is 1.08. The van der Waals surface area contributed by atoms with E-state index in [0.717, 1.165) is 21.8 Å². The fourth-order valence-electron chi connectivity index (χ4n) is 2.69. The molecule has 0 radical (unpaired) electrons. The molecule has 31 heavy (non-hydrogen) atoms. The second kappa shape index (κ2) is 8.77. The molecule has 1 amide bonds. The van der Waals surface area contributed by atoms with E-state index in [1.54, 1.807) is 0 Å². The van der Waals surface area contributed by atoms with Gasteiger partial charge in [0, 0.05) is 25.5 Å². The number of pyridine rings is 1. The number of rotatable bonds is 7. The lowest BCUT2D eigenvalue weighted by Crippen LogP contribution is -2.48. The van der Waals surface area contributed by atoms with E-state index in [9.17, 15) is 39.9 Å². The summed E-state index contributed by atoms with van der Waals surface area (Å²) in [6.45, 7) is 2.77. The molecule has 0 N–H and O–H groups in total. The molecule has 0 aliphatic heterocycles. The minimum atomic E-state index is -6.02. The summed E-state index contributed by atoms with van der Waals surface area (Å²) in [5.74, 6) is -6.86. The van der Waals surface area contributed by atoms with Crippen LogP contribution >= 0.6 is 0 Å². The lowest BCUT2D eigenvalue weighted by Gasteiger charge is -2.29. The number of ether oxygens (including phenoxy) is 1. The van der Waals surface area contributed by atoms with E-state index >= 15 is 0 Å². The summed E-state index contributed by atoms with van der Waals surface area (Å²) < 4.78 is 106. The number of aromatic nitrogens is 3. The average Bonchev–Trinajstić information content (AvgIpc) is 3.00. The van der Waals surface area contributed by atoms with Gasteiger partial charge >= 0.3 is 18.4 Å². The number of hydrogen-bond donors (Lipinski definition) is 0. The average molecular weight is 460 g/mol.